The Morgan fingerprint density at radius 2 is 1.75 bits per heavy atom. The van der Waals surface area contributed by atoms with E-state index in [4.69, 9.17) is 0 Å². The molecule has 0 saturated carbocycles. The number of halogens is 4. The van der Waals surface area contributed by atoms with Gasteiger partial charge in [0.05, 0.1) is 4.88 Å². The van der Waals surface area contributed by atoms with Crippen molar-refractivity contribution < 1.29 is 17.6 Å². The molecule has 0 radical (unpaired) electrons. The molecular formula is C21H16F4N2S. The number of thiophene rings is 1. The molecule has 0 saturated heterocycles. The number of likely N-dealkylation sites (N-methyl/N-ethyl adjacent to an activating group) is 1. The van der Waals surface area contributed by atoms with Gasteiger partial charge in [0.2, 0.25) is 0 Å². The molecule has 144 valence electrons. The van der Waals surface area contributed by atoms with Crippen LogP contribution in [0.15, 0.2) is 43.0 Å². The van der Waals surface area contributed by atoms with Gasteiger partial charge < -0.3 is 10.2 Å². The van der Waals surface area contributed by atoms with E-state index in [-0.39, 0.29) is 5.82 Å². The third kappa shape index (κ3) is 3.26. The second-order valence-corrected chi connectivity index (χ2v) is 7.70. The number of fused-ring (bicyclic) bond motifs is 3. The van der Waals surface area contributed by atoms with E-state index < -0.39 is 23.1 Å². The van der Waals surface area contributed by atoms with Crippen LogP contribution in [0.1, 0.15) is 10.4 Å². The molecule has 0 aliphatic carbocycles. The predicted octanol–water partition coefficient (Wildman–Crippen LogP) is 6.05. The molecule has 28 heavy (non-hydrogen) atoms. The van der Waals surface area contributed by atoms with Gasteiger partial charge in [-0.05, 0) is 36.2 Å². The SMILES string of the molecule is C=C(Nc1c(F)cc(F)cc1F)c1cc2c(s1)-c1ccc(F)cc1N(C)CC2. The van der Waals surface area contributed by atoms with Crippen LogP contribution in [0.4, 0.5) is 28.9 Å². The molecule has 7 heteroatoms. The maximum Gasteiger partial charge on any atom is 0.152 e. The highest BCUT2D eigenvalue weighted by Gasteiger charge is 2.22. The normalized spacial score (nSPS) is 13.0. The Bertz CT molecular complexity index is 1070. The van der Waals surface area contributed by atoms with Crippen molar-refractivity contribution in [2.45, 2.75) is 6.42 Å². The van der Waals surface area contributed by atoms with Crippen molar-refractivity contribution in [1.29, 1.82) is 0 Å². The Hall–Kier alpha value is -2.80. The molecule has 0 amide bonds. The lowest BCUT2D eigenvalue weighted by Gasteiger charge is -2.19. The van der Waals surface area contributed by atoms with E-state index in [1.165, 1.54) is 23.5 Å². The van der Waals surface area contributed by atoms with Gasteiger partial charge in [0.25, 0.3) is 0 Å². The van der Waals surface area contributed by atoms with Gasteiger partial charge in [0.15, 0.2) is 11.6 Å². The summed E-state index contributed by atoms with van der Waals surface area (Å²) in [6.07, 6.45) is 0.741. The van der Waals surface area contributed by atoms with Crippen LogP contribution in [-0.4, -0.2) is 13.6 Å². The molecule has 0 fully saturated rings. The fraction of sp³-hybridized carbons (Fsp3) is 0.143. The number of hydrogen-bond donors (Lipinski definition) is 1. The standard InChI is InChI=1S/C21H16F4N2S/c1-11(26-20-16(24)8-14(23)9-17(20)25)19-7-12-5-6-27(2)18-10-13(22)3-4-15(18)21(12)28-19/h3-4,7-10,26H,1,5-6H2,2H3. The maximum atomic E-state index is 13.9. The van der Waals surface area contributed by atoms with Crippen LogP contribution in [0.3, 0.4) is 0 Å². The molecule has 0 unspecified atom stereocenters. The van der Waals surface area contributed by atoms with Gasteiger partial charge in [-0.15, -0.1) is 11.3 Å². The minimum absolute atomic E-state index is 0.305. The lowest BCUT2D eigenvalue weighted by atomic mass is 10.1. The summed E-state index contributed by atoms with van der Waals surface area (Å²) < 4.78 is 54.7. The van der Waals surface area contributed by atoms with Crippen LogP contribution in [0.2, 0.25) is 0 Å². The highest BCUT2D eigenvalue weighted by atomic mass is 32.1. The summed E-state index contributed by atoms with van der Waals surface area (Å²) in [5.41, 5.74) is 2.61. The summed E-state index contributed by atoms with van der Waals surface area (Å²) in [6, 6.07) is 7.80. The van der Waals surface area contributed by atoms with Gasteiger partial charge in [-0.3, -0.25) is 0 Å². The van der Waals surface area contributed by atoms with Gasteiger partial charge in [0.1, 0.15) is 17.3 Å². The number of hydrogen-bond acceptors (Lipinski definition) is 3. The molecule has 0 atom stereocenters. The summed E-state index contributed by atoms with van der Waals surface area (Å²) >= 11 is 1.41. The summed E-state index contributed by atoms with van der Waals surface area (Å²) in [7, 11) is 1.91. The Labute approximate surface area is 163 Å². The van der Waals surface area contributed by atoms with Crippen LogP contribution < -0.4 is 10.2 Å². The van der Waals surface area contributed by atoms with Crippen LogP contribution in [0.25, 0.3) is 16.1 Å². The molecule has 3 aromatic rings. The summed E-state index contributed by atoms with van der Waals surface area (Å²) in [6.45, 7) is 4.59. The van der Waals surface area contributed by atoms with Gasteiger partial charge in [-0.2, -0.15) is 0 Å². The summed E-state index contributed by atoms with van der Waals surface area (Å²) in [5, 5.41) is 2.62. The predicted molar refractivity (Wildman–Crippen MR) is 106 cm³/mol. The first-order valence-corrected chi connectivity index (χ1v) is 9.39. The molecule has 1 aromatic heterocycles. The van der Waals surface area contributed by atoms with Crippen molar-refractivity contribution in [2.24, 2.45) is 0 Å². The second kappa shape index (κ2) is 6.98. The van der Waals surface area contributed by atoms with Gasteiger partial charge in [-0.25, -0.2) is 17.6 Å². The first-order chi connectivity index (χ1) is 13.3. The third-order valence-electron chi connectivity index (χ3n) is 4.72. The zero-order valence-corrected chi connectivity index (χ0v) is 15.8. The lowest BCUT2D eigenvalue weighted by molar-refractivity contribution is 0.549. The van der Waals surface area contributed by atoms with E-state index in [1.54, 1.807) is 6.07 Å². The van der Waals surface area contributed by atoms with Crippen molar-refractivity contribution in [1.82, 2.24) is 0 Å². The maximum absolute atomic E-state index is 13.9. The number of rotatable bonds is 3. The number of nitrogens with one attached hydrogen (secondary N) is 1. The topological polar surface area (TPSA) is 15.3 Å². The zero-order valence-electron chi connectivity index (χ0n) is 15.0. The molecule has 0 bridgehead atoms. The second-order valence-electron chi connectivity index (χ2n) is 6.65. The average Bonchev–Trinajstić information content (AvgIpc) is 3.01. The fourth-order valence-electron chi connectivity index (χ4n) is 3.29. The molecule has 2 nitrogen and oxygen atoms in total. The van der Waals surface area contributed by atoms with Crippen molar-refractivity contribution >= 4 is 28.4 Å². The smallest absolute Gasteiger partial charge is 0.152 e. The van der Waals surface area contributed by atoms with E-state index in [9.17, 15) is 17.6 Å². The molecule has 1 aliphatic heterocycles. The van der Waals surface area contributed by atoms with E-state index >= 15 is 0 Å². The van der Waals surface area contributed by atoms with Crippen molar-refractivity contribution in [2.75, 3.05) is 23.8 Å². The average molecular weight is 404 g/mol. The van der Waals surface area contributed by atoms with Crippen LogP contribution in [-0.2, 0) is 6.42 Å². The van der Waals surface area contributed by atoms with Gasteiger partial charge in [0, 0.05) is 47.6 Å². The van der Waals surface area contributed by atoms with Crippen molar-refractivity contribution in [3.05, 3.63) is 76.7 Å². The highest BCUT2D eigenvalue weighted by molar-refractivity contribution is 7.16. The van der Waals surface area contributed by atoms with Crippen LogP contribution >= 0.6 is 11.3 Å². The van der Waals surface area contributed by atoms with E-state index in [2.05, 4.69) is 11.9 Å². The highest BCUT2D eigenvalue weighted by Crippen LogP contribution is 2.43. The monoisotopic (exact) mass is 404 g/mol. The minimum atomic E-state index is -1.03. The lowest BCUT2D eigenvalue weighted by Crippen LogP contribution is -2.19. The third-order valence-corrected chi connectivity index (χ3v) is 5.99. The van der Waals surface area contributed by atoms with Crippen molar-refractivity contribution in [3.63, 3.8) is 0 Å². The van der Waals surface area contributed by atoms with E-state index in [0.717, 1.165) is 28.1 Å². The number of anilines is 2. The van der Waals surface area contributed by atoms with E-state index in [1.807, 2.05) is 18.0 Å². The van der Waals surface area contributed by atoms with Crippen LogP contribution in [0, 0.1) is 23.3 Å². The largest absolute Gasteiger partial charge is 0.374 e. The zero-order chi connectivity index (χ0) is 20.0. The molecule has 2 heterocycles. The quantitative estimate of drug-likeness (QED) is 0.535. The first kappa shape index (κ1) is 18.6. The molecule has 4 rings (SSSR count). The number of benzene rings is 2. The number of nitrogens with zero attached hydrogens (tertiary/aromatic N) is 1. The summed E-state index contributed by atoms with van der Waals surface area (Å²) in [4.78, 5) is 3.67. The van der Waals surface area contributed by atoms with Gasteiger partial charge in [-0.1, -0.05) is 6.58 Å². The Morgan fingerprint density at radius 3 is 2.46 bits per heavy atom. The Kier molecular flexibility index (Phi) is 4.63. The van der Waals surface area contributed by atoms with Crippen molar-refractivity contribution in [3.8, 4) is 10.4 Å². The fourth-order valence-corrected chi connectivity index (χ4v) is 4.46. The van der Waals surface area contributed by atoms with E-state index in [0.29, 0.717) is 29.3 Å². The Morgan fingerprint density at radius 1 is 1.04 bits per heavy atom. The Balaban J connectivity index is 1.70. The molecule has 1 aliphatic rings. The molecular weight excluding hydrogens is 388 g/mol. The molecule has 2 aromatic carbocycles. The molecule has 1 N–H and O–H groups in total. The first-order valence-electron chi connectivity index (χ1n) is 8.58. The van der Waals surface area contributed by atoms with Crippen LogP contribution in [0.5, 0.6) is 0 Å². The minimum Gasteiger partial charge on any atom is -0.374 e. The molecule has 0 spiro atoms. The summed E-state index contributed by atoms with van der Waals surface area (Å²) in [5.74, 6) is -3.35. The van der Waals surface area contributed by atoms with Gasteiger partial charge >= 0.3 is 0 Å².